The second kappa shape index (κ2) is 4.93. The number of benzene rings is 1. The highest BCUT2D eigenvalue weighted by Gasteiger charge is 2.08. The van der Waals surface area contributed by atoms with Crippen LogP contribution in [0, 0.1) is 5.82 Å². The highest BCUT2D eigenvalue weighted by molar-refractivity contribution is 6.33. The number of hydrogen-bond acceptors (Lipinski definition) is 2. The molecule has 0 spiro atoms. The van der Waals surface area contributed by atoms with Crippen LogP contribution >= 0.6 is 11.6 Å². The fraction of sp³-hybridized carbons (Fsp3) is 0. The number of carbonyl (C=O) groups is 1. The molecule has 1 amide bonds. The van der Waals surface area contributed by atoms with E-state index in [1.54, 1.807) is 12.1 Å². The summed E-state index contributed by atoms with van der Waals surface area (Å²) in [5.74, 6) is -0.766. The van der Waals surface area contributed by atoms with E-state index in [0.717, 1.165) is 6.07 Å². The number of carbonyl (C=O) groups excluding carboxylic acids is 1. The fourth-order valence-electron chi connectivity index (χ4n) is 1.29. The maximum absolute atomic E-state index is 12.8. The molecule has 3 nitrogen and oxygen atoms in total. The van der Waals surface area contributed by atoms with Gasteiger partial charge < -0.3 is 5.32 Å². The predicted octanol–water partition coefficient (Wildman–Crippen LogP) is 3.13. The Balaban J connectivity index is 2.19. The summed E-state index contributed by atoms with van der Waals surface area (Å²) in [6.07, 6.45) is 3.03. The van der Waals surface area contributed by atoms with Crippen molar-refractivity contribution in [3.05, 3.63) is 59.1 Å². The maximum Gasteiger partial charge on any atom is 0.255 e. The third-order valence-corrected chi connectivity index (χ3v) is 2.43. The van der Waals surface area contributed by atoms with Gasteiger partial charge in [0.25, 0.3) is 5.91 Å². The van der Waals surface area contributed by atoms with Gasteiger partial charge in [-0.05, 0) is 30.3 Å². The van der Waals surface area contributed by atoms with Crippen molar-refractivity contribution in [1.29, 1.82) is 0 Å². The Morgan fingerprint density at radius 1 is 1.24 bits per heavy atom. The van der Waals surface area contributed by atoms with E-state index < -0.39 is 5.82 Å². The topological polar surface area (TPSA) is 42.0 Å². The average molecular weight is 251 g/mol. The van der Waals surface area contributed by atoms with Crippen molar-refractivity contribution >= 4 is 23.2 Å². The standard InChI is InChI=1S/C12H8ClFN2O/c13-10-7-9(14)1-2-11(10)16-12(17)8-3-5-15-6-4-8/h1-7H,(H,16,17). The largest absolute Gasteiger partial charge is 0.321 e. The summed E-state index contributed by atoms with van der Waals surface area (Å²) in [4.78, 5) is 15.6. The highest BCUT2D eigenvalue weighted by Crippen LogP contribution is 2.22. The van der Waals surface area contributed by atoms with Gasteiger partial charge in [-0.25, -0.2) is 4.39 Å². The van der Waals surface area contributed by atoms with Gasteiger partial charge in [-0.2, -0.15) is 0 Å². The number of hydrogen-bond donors (Lipinski definition) is 1. The molecule has 86 valence electrons. The third-order valence-electron chi connectivity index (χ3n) is 2.12. The number of amides is 1. The number of nitrogens with zero attached hydrogens (tertiary/aromatic N) is 1. The summed E-state index contributed by atoms with van der Waals surface area (Å²) in [6.45, 7) is 0. The first-order valence-electron chi connectivity index (χ1n) is 4.83. The zero-order valence-corrected chi connectivity index (χ0v) is 9.41. The van der Waals surface area contributed by atoms with Crippen LogP contribution in [-0.4, -0.2) is 10.9 Å². The lowest BCUT2D eigenvalue weighted by Crippen LogP contribution is -2.12. The molecule has 1 N–H and O–H groups in total. The van der Waals surface area contributed by atoms with Gasteiger partial charge >= 0.3 is 0 Å². The third kappa shape index (κ3) is 2.79. The predicted molar refractivity (Wildman–Crippen MR) is 63.6 cm³/mol. The zero-order valence-electron chi connectivity index (χ0n) is 8.65. The summed E-state index contributed by atoms with van der Waals surface area (Å²) in [5, 5.41) is 2.75. The molecule has 2 rings (SSSR count). The lowest BCUT2D eigenvalue weighted by atomic mass is 10.2. The Kier molecular flexibility index (Phi) is 3.35. The normalized spacial score (nSPS) is 10.0. The molecular formula is C12H8ClFN2O. The summed E-state index contributed by atoms with van der Waals surface area (Å²) < 4.78 is 12.8. The molecule has 0 atom stereocenters. The van der Waals surface area contributed by atoms with Crippen molar-refractivity contribution < 1.29 is 9.18 Å². The van der Waals surface area contributed by atoms with Gasteiger partial charge in [-0.1, -0.05) is 11.6 Å². The molecule has 0 fully saturated rings. The molecule has 1 aromatic heterocycles. The fourth-order valence-corrected chi connectivity index (χ4v) is 1.50. The van der Waals surface area contributed by atoms with Gasteiger partial charge in [0, 0.05) is 18.0 Å². The van der Waals surface area contributed by atoms with Gasteiger partial charge in [-0.15, -0.1) is 0 Å². The van der Waals surface area contributed by atoms with Crippen LogP contribution < -0.4 is 5.32 Å². The molecule has 17 heavy (non-hydrogen) atoms. The average Bonchev–Trinajstić information content (AvgIpc) is 2.34. The first kappa shape index (κ1) is 11.5. The van der Waals surface area contributed by atoms with Crippen molar-refractivity contribution in [1.82, 2.24) is 4.98 Å². The van der Waals surface area contributed by atoms with Crippen LogP contribution in [0.5, 0.6) is 0 Å². The van der Waals surface area contributed by atoms with Crippen LogP contribution in [0.25, 0.3) is 0 Å². The number of pyridine rings is 1. The van der Waals surface area contributed by atoms with E-state index in [4.69, 9.17) is 11.6 Å². The summed E-state index contributed by atoms with van der Waals surface area (Å²) in [5.41, 5.74) is 0.829. The van der Waals surface area contributed by atoms with Crippen LogP contribution in [0.3, 0.4) is 0 Å². The minimum absolute atomic E-state index is 0.160. The molecule has 0 saturated carbocycles. The van der Waals surface area contributed by atoms with Gasteiger partial charge in [0.1, 0.15) is 5.82 Å². The first-order chi connectivity index (χ1) is 8.16. The van der Waals surface area contributed by atoms with Crippen molar-refractivity contribution in [2.75, 3.05) is 5.32 Å². The molecule has 1 heterocycles. The number of aromatic nitrogens is 1. The Morgan fingerprint density at radius 2 is 1.94 bits per heavy atom. The van der Waals surface area contributed by atoms with E-state index >= 15 is 0 Å². The molecule has 0 radical (unpaired) electrons. The van der Waals surface area contributed by atoms with Gasteiger partial charge in [0.15, 0.2) is 0 Å². The van der Waals surface area contributed by atoms with E-state index in [1.165, 1.54) is 24.5 Å². The number of rotatable bonds is 2. The van der Waals surface area contributed by atoms with Crippen LogP contribution in [0.4, 0.5) is 10.1 Å². The lowest BCUT2D eigenvalue weighted by Gasteiger charge is -2.06. The molecule has 2 aromatic rings. The SMILES string of the molecule is O=C(Nc1ccc(F)cc1Cl)c1ccncc1. The van der Waals surface area contributed by atoms with Crippen LogP contribution in [0.1, 0.15) is 10.4 Å². The Labute approximate surface area is 102 Å². The molecule has 0 aliphatic heterocycles. The van der Waals surface area contributed by atoms with E-state index in [2.05, 4.69) is 10.3 Å². The van der Waals surface area contributed by atoms with Gasteiger partial charge in [0.05, 0.1) is 10.7 Å². The summed E-state index contributed by atoms with van der Waals surface area (Å²) in [6, 6.07) is 6.94. The second-order valence-electron chi connectivity index (χ2n) is 3.31. The van der Waals surface area contributed by atoms with E-state index in [1.807, 2.05) is 0 Å². The van der Waals surface area contributed by atoms with Crippen LogP contribution in [0.2, 0.25) is 5.02 Å². The maximum atomic E-state index is 12.8. The quantitative estimate of drug-likeness (QED) is 0.890. The molecule has 0 saturated heterocycles. The molecule has 1 aromatic carbocycles. The molecule has 0 aliphatic carbocycles. The molecule has 0 unspecified atom stereocenters. The minimum atomic E-state index is -0.447. The summed E-state index contributed by atoms with van der Waals surface area (Å²) >= 11 is 5.79. The smallest absolute Gasteiger partial charge is 0.255 e. The number of halogens is 2. The molecule has 0 bridgehead atoms. The van der Waals surface area contributed by atoms with E-state index in [-0.39, 0.29) is 10.9 Å². The van der Waals surface area contributed by atoms with E-state index in [9.17, 15) is 9.18 Å². The first-order valence-corrected chi connectivity index (χ1v) is 5.21. The van der Waals surface area contributed by atoms with Crippen molar-refractivity contribution in [2.45, 2.75) is 0 Å². The monoisotopic (exact) mass is 250 g/mol. The highest BCUT2D eigenvalue weighted by atomic mass is 35.5. The Morgan fingerprint density at radius 3 is 2.59 bits per heavy atom. The minimum Gasteiger partial charge on any atom is -0.321 e. The molecule has 0 aliphatic rings. The Bertz CT molecular complexity index is 545. The number of anilines is 1. The van der Waals surface area contributed by atoms with Gasteiger partial charge in [-0.3, -0.25) is 9.78 Å². The second-order valence-corrected chi connectivity index (χ2v) is 3.72. The Hall–Kier alpha value is -1.94. The van der Waals surface area contributed by atoms with E-state index in [0.29, 0.717) is 11.3 Å². The number of nitrogens with one attached hydrogen (secondary N) is 1. The van der Waals surface area contributed by atoms with Crippen molar-refractivity contribution in [3.8, 4) is 0 Å². The van der Waals surface area contributed by atoms with Gasteiger partial charge in [0.2, 0.25) is 0 Å². The zero-order chi connectivity index (χ0) is 12.3. The van der Waals surface area contributed by atoms with Crippen molar-refractivity contribution in [2.24, 2.45) is 0 Å². The molecule has 5 heteroatoms. The molecular weight excluding hydrogens is 243 g/mol. The summed E-state index contributed by atoms with van der Waals surface area (Å²) in [7, 11) is 0. The van der Waals surface area contributed by atoms with Crippen LogP contribution in [0.15, 0.2) is 42.7 Å². The van der Waals surface area contributed by atoms with Crippen molar-refractivity contribution in [3.63, 3.8) is 0 Å². The lowest BCUT2D eigenvalue weighted by molar-refractivity contribution is 0.102. The van der Waals surface area contributed by atoms with Crippen LogP contribution in [-0.2, 0) is 0 Å².